The molecule has 0 bridgehead atoms. The predicted molar refractivity (Wildman–Crippen MR) is 143 cm³/mol. The molecule has 1 aromatic carbocycles. The summed E-state index contributed by atoms with van der Waals surface area (Å²) in [5, 5.41) is 4.08. The van der Waals surface area contributed by atoms with Crippen molar-refractivity contribution < 1.29 is 14.0 Å². The zero-order valence-corrected chi connectivity index (χ0v) is 22.5. The fraction of sp³-hybridized carbons (Fsp3) is 0.346. The lowest BCUT2D eigenvalue weighted by Crippen LogP contribution is -2.48. The molecule has 2 amide bonds. The number of hydrogen-bond donors (Lipinski definition) is 2. The Bertz CT molecular complexity index is 1570. The van der Waals surface area contributed by atoms with Crippen LogP contribution in [-0.4, -0.2) is 48.3 Å². The van der Waals surface area contributed by atoms with Crippen molar-refractivity contribution in [3.05, 3.63) is 52.6 Å². The summed E-state index contributed by atoms with van der Waals surface area (Å²) in [5.41, 5.74) is 7.24. The highest BCUT2D eigenvalue weighted by Gasteiger charge is 2.49. The maximum Gasteiger partial charge on any atom is 0.248 e. The van der Waals surface area contributed by atoms with Crippen molar-refractivity contribution in [2.75, 3.05) is 11.1 Å². The molecule has 2 atom stereocenters. The molecule has 3 N–H and O–H groups in total. The number of nitrogen functional groups attached to an aromatic ring is 1. The Morgan fingerprint density at radius 1 is 1.27 bits per heavy atom. The highest BCUT2D eigenvalue weighted by molar-refractivity contribution is 9.10. The molecule has 1 aliphatic rings. The number of benzene rings is 1. The van der Waals surface area contributed by atoms with Crippen LogP contribution in [0, 0.1) is 18.2 Å². The molecule has 3 aromatic heterocycles. The van der Waals surface area contributed by atoms with Gasteiger partial charge in [-0.3, -0.25) is 9.59 Å². The first kappa shape index (κ1) is 25.1. The van der Waals surface area contributed by atoms with Crippen LogP contribution in [0.1, 0.15) is 32.8 Å². The Morgan fingerprint density at radius 2 is 2.03 bits per heavy atom. The van der Waals surface area contributed by atoms with Gasteiger partial charge in [-0.1, -0.05) is 19.9 Å². The molecule has 1 fully saturated rings. The molecular weight excluding hydrogens is 541 g/mol. The van der Waals surface area contributed by atoms with Gasteiger partial charge in [0, 0.05) is 11.4 Å². The largest absolute Gasteiger partial charge is 0.383 e. The Labute approximate surface area is 221 Å². The van der Waals surface area contributed by atoms with Gasteiger partial charge in [-0.05, 0) is 71.4 Å². The van der Waals surface area contributed by atoms with Crippen LogP contribution in [0.15, 0.2) is 41.3 Å². The first-order valence-electron chi connectivity index (χ1n) is 11.9. The molecule has 0 saturated carbocycles. The van der Waals surface area contributed by atoms with Crippen LogP contribution in [-0.2, 0) is 16.1 Å². The summed E-state index contributed by atoms with van der Waals surface area (Å²) in [7, 11) is 0. The summed E-state index contributed by atoms with van der Waals surface area (Å²) in [6, 6.07) is 7.38. The van der Waals surface area contributed by atoms with E-state index in [1.165, 1.54) is 12.4 Å². The average Bonchev–Trinajstić information content (AvgIpc) is 3.25. The number of aromatic nitrogens is 4. The summed E-state index contributed by atoms with van der Waals surface area (Å²) in [5.74, 6) is -0.347. The molecule has 0 spiro atoms. The van der Waals surface area contributed by atoms with Crippen LogP contribution >= 0.6 is 15.9 Å². The van der Waals surface area contributed by atoms with Crippen LogP contribution in [0.2, 0.25) is 0 Å². The Kier molecular flexibility index (Phi) is 6.13. The van der Waals surface area contributed by atoms with E-state index in [-0.39, 0.29) is 35.6 Å². The Hall–Kier alpha value is -3.60. The predicted octanol–water partition coefficient (Wildman–Crippen LogP) is 4.43. The smallest absolute Gasteiger partial charge is 0.248 e. The second kappa shape index (κ2) is 9.05. The molecule has 1 aliphatic heterocycles. The van der Waals surface area contributed by atoms with Gasteiger partial charge in [-0.25, -0.2) is 19.3 Å². The number of amides is 2. The second-order valence-corrected chi connectivity index (χ2v) is 11.0. The van der Waals surface area contributed by atoms with Crippen LogP contribution in [0.25, 0.3) is 21.9 Å². The van der Waals surface area contributed by atoms with Gasteiger partial charge in [0.25, 0.3) is 0 Å². The summed E-state index contributed by atoms with van der Waals surface area (Å²) in [6.45, 7) is 7.54. The van der Waals surface area contributed by atoms with Crippen LogP contribution in [0.5, 0.6) is 0 Å². The van der Waals surface area contributed by atoms with Gasteiger partial charge >= 0.3 is 0 Å². The number of aryl methyl sites for hydroxylation is 1. The van der Waals surface area contributed by atoms with Gasteiger partial charge in [0.05, 0.1) is 10.9 Å². The van der Waals surface area contributed by atoms with Gasteiger partial charge in [0.1, 0.15) is 46.6 Å². The monoisotopic (exact) mass is 567 g/mol. The van der Waals surface area contributed by atoms with Crippen molar-refractivity contribution >= 4 is 61.3 Å². The minimum absolute atomic E-state index is 0.141. The summed E-state index contributed by atoms with van der Waals surface area (Å²) < 4.78 is 16.9. The van der Waals surface area contributed by atoms with Crippen molar-refractivity contribution in [2.45, 2.75) is 52.7 Å². The minimum Gasteiger partial charge on any atom is -0.383 e. The topological polar surface area (TPSA) is 119 Å². The van der Waals surface area contributed by atoms with Crippen molar-refractivity contribution in [2.24, 2.45) is 5.41 Å². The van der Waals surface area contributed by atoms with E-state index >= 15 is 0 Å². The molecule has 4 aromatic rings. The van der Waals surface area contributed by atoms with Crippen molar-refractivity contribution in [1.29, 1.82) is 0 Å². The molecule has 1 saturated heterocycles. The lowest BCUT2D eigenvalue weighted by Gasteiger charge is -2.31. The van der Waals surface area contributed by atoms with E-state index in [1.807, 2.05) is 20.8 Å². The zero-order valence-electron chi connectivity index (χ0n) is 20.9. The first-order valence-corrected chi connectivity index (χ1v) is 12.7. The molecule has 11 heteroatoms. The number of fused-ring (bicyclic) bond motifs is 3. The third kappa shape index (κ3) is 4.30. The molecule has 5 rings (SSSR count). The van der Waals surface area contributed by atoms with Gasteiger partial charge < -0.3 is 20.5 Å². The van der Waals surface area contributed by atoms with E-state index in [2.05, 4.69) is 36.2 Å². The average molecular weight is 568 g/mol. The number of anilines is 2. The van der Waals surface area contributed by atoms with Crippen molar-refractivity contribution in [3.8, 4) is 0 Å². The van der Waals surface area contributed by atoms with Gasteiger partial charge in [0.2, 0.25) is 11.8 Å². The van der Waals surface area contributed by atoms with Crippen molar-refractivity contribution in [3.63, 3.8) is 0 Å². The number of pyridine rings is 1. The lowest BCUT2D eigenvalue weighted by molar-refractivity contribution is -0.139. The quantitative estimate of drug-likeness (QED) is 0.352. The third-order valence-electron chi connectivity index (χ3n) is 7.40. The number of halogens is 2. The number of nitrogens with zero attached hydrogens (tertiary/aromatic N) is 5. The normalized spacial score (nSPS) is 19.0. The number of nitrogens with two attached hydrogens (primary N) is 1. The van der Waals surface area contributed by atoms with Crippen LogP contribution < -0.4 is 11.1 Å². The highest BCUT2D eigenvalue weighted by atomic mass is 79.9. The van der Waals surface area contributed by atoms with E-state index < -0.39 is 11.9 Å². The zero-order chi connectivity index (χ0) is 26.6. The maximum atomic E-state index is 14.6. The molecule has 0 aliphatic carbocycles. The lowest BCUT2D eigenvalue weighted by atomic mass is 9.84. The number of likely N-dealkylation sites (tertiary alicyclic amines) is 1. The Morgan fingerprint density at radius 3 is 2.76 bits per heavy atom. The number of hydrogen-bond acceptors (Lipinski definition) is 6. The van der Waals surface area contributed by atoms with E-state index in [1.54, 1.807) is 40.7 Å². The Balaban J connectivity index is 1.53. The minimum atomic E-state index is -0.704. The molecule has 37 heavy (non-hydrogen) atoms. The van der Waals surface area contributed by atoms with E-state index in [9.17, 15) is 14.0 Å². The first-order chi connectivity index (χ1) is 17.5. The third-order valence-corrected chi connectivity index (χ3v) is 7.84. The summed E-state index contributed by atoms with van der Waals surface area (Å²) in [4.78, 5) is 41.6. The van der Waals surface area contributed by atoms with E-state index in [0.29, 0.717) is 44.3 Å². The molecule has 0 unspecified atom stereocenters. The second-order valence-electron chi connectivity index (χ2n) is 10.2. The van der Waals surface area contributed by atoms with E-state index in [0.717, 1.165) is 0 Å². The summed E-state index contributed by atoms with van der Waals surface area (Å²) in [6.07, 6.45) is 1.80. The van der Waals surface area contributed by atoms with Gasteiger partial charge in [-0.15, -0.1) is 0 Å². The molecular formula is C26H27BrFN7O2. The van der Waals surface area contributed by atoms with Crippen LogP contribution in [0.3, 0.4) is 0 Å². The SMILES string of the molecule is Cc1cc2c3c(N)ncnc3n(CC(=O)N3[C@H](C(=O)Nc4cccc(Br)n4)CC(C)(C)[C@H]3C)c2cc1F. The van der Waals surface area contributed by atoms with Gasteiger partial charge in [-0.2, -0.15) is 0 Å². The maximum absolute atomic E-state index is 14.6. The van der Waals surface area contributed by atoms with Gasteiger partial charge in [0.15, 0.2) is 0 Å². The number of rotatable bonds is 4. The van der Waals surface area contributed by atoms with Crippen molar-refractivity contribution in [1.82, 2.24) is 24.4 Å². The molecule has 0 radical (unpaired) electrons. The highest BCUT2D eigenvalue weighted by Crippen LogP contribution is 2.41. The molecule has 192 valence electrons. The fourth-order valence-corrected chi connectivity index (χ4v) is 5.49. The van der Waals surface area contributed by atoms with E-state index in [4.69, 9.17) is 5.73 Å². The number of carbonyl (C=O) groups excluding carboxylic acids is 2. The van der Waals surface area contributed by atoms with Crippen LogP contribution in [0.4, 0.5) is 16.0 Å². The number of nitrogens with one attached hydrogen (secondary N) is 1. The molecule has 4 heterocycles. The number of carbonyl (C=O) groups is 2. The standard InChI is InChI=1S/C26H27BrFN7O2/c1-13-8-15-17(9-16(13)28)34(24-22(15)23(29)30-12-31-24)11-21(36)35-14(2)26(3,4)10-18(35)25(37)33-20-7-5-6-19(27)32-20/h5-9,12,14,18H,10-11H2,1-4H3,(H2,29,30,31)(H,32,33,37)/t14-,18+/m1/s1. The fourth-order valence-electron chi connectivity index (χ4n) is 5.15. The summed E-state index contributed by atoms with van der Waals surface area (Å²) >= 11 is 3.31. The molecule has 9 nitrogen and oxygen atoms in total.